The fourth-order valence-corrected chi connectivity index (χ4v) is 2.93. The number of thiophene rings is 1. The van der Waals surface area contributed by atoms with Gasteiger partial charge in [0, 0.05) is 16.6 Å². The first kappa shape index (κ1) is 12.3. The van der Waals surface area contributed by atoms with Crippen LogP contribution >= 0.6 is 11.3 Å². The van der Waals surface area contributed by atoms with Crippen molar-refractivity contribution >= 4 is 11.3 Å². The van der Waals surface area contributed by atoms with Crippen LogP contribution in [0.3, 0.4) is 0 Å². The summed E-state index contributed by atoms with van der Waals surface area (Å²) >= 11 is 1.76. The van der Waals surface area contributed by atoms with Crippen molar-refractivity contribution in [3.8, 4) is 0 Å². The van der Waals surface area contributed by atoms with E-state index in [1.54, 1.807) is 11.3 Å². The van der Waals surface area contributed by atoms with Crippen LogP contribution in [-0.4, -0.2) is 15.6 Å². The van der Waals surface area contributed by atoms with Crippen LogP contribution in [-0.2, 0) is 0 Å². The Bertz CT molecular complexity index is 473. The van der Waals surface area contributed by atoms with Crippen molar-refractivity contribution in [3.63, 3.8) is 0 Å². The van der Waals surface area contributed by atoms with Gasteiger partial charge < -0.3 is 10.3 Å². The Labute approximate surface area is 106 Å². The number of imidazole rings is 1. The Morgan fingerprint density at radius 1 is 1.47 bits per heavy atom. The number of rotatable bonds is 4. The molecular weight excluding hydrogens is 230 g/mol. The molecule has 0 fully saturated rings. The van der Waals surface area contributed by atoms with E-state index < -0.39 is 0 Å². The molecule has 17 heavy (non-hydrogen) atoms. The van der Waals surface area contributed by atoms with Crippen molar-refractivity contribution in [2.24, 2.45) is 5.73 Å². The molecule has 92 valence electrons. The predicted molar refractivity (Wildman–Crippen MR) is 72.4 cm³/mol. The van der Waals surface area contributed by atoms with Crippen LogP contribution < -0.4 is 5.73 Å². The van der Waals surface area contributed by atoms with E-state index in [2.05, 4.69) is 40.9 Å². The average Bonchev–Trinajstić information content (AvgIpc) is 2.94. The second-order valence-corrected chi connectivity index (χ2v) is 5.33. The minimum absolute atomic E-state index is 0.126. The van der Waals surface area contributed by atoms with Crippen LogP contribution in [0.1, 0.15) is 35.7 Å². The van der Waals surface area contributed by atoms with E-state index in [4.69, 9.17) is 5.73 Å². The average molecular weight is 249 g/mol. The minimum Gasteiger partial charge on any atom is -0.326 e. The maximum Gasteiger partial charge on any atom is 0.0958 e. The van der Waals surface area contributed by atoms with Crippen LogP contribution in [0.15, 0.2) is 23.8 Å². The highest BCUT2D eigenvalue weighted by molar-refractivity contribution is 7.10. The fraction of sp³-hybridized carbons (Fsp3) is 0.462. The van der Waals surface area contributed by atoms with E-state index in [-0.39, 0.29) is 12.1 Å². The summed E-state index contributed by atoms with van der Waals surface area (Å²) in [4.78, 5) is 5.68. The highest BCUT2D eigenvalue weighted by atomic mass is 32.1. The van der Waals surface area contributed by atoms with Crippen molar-refractivity contribution in [3.05, 3.63) is 40.1 Å². The van der Waals surface area contributed by atoms with Gasteiger partial charge in [0.1, 0.15) is 0 Å². The summed E-state index contributed by atoms with van der Waals surface area (Å²) < 4.78 is 2.20. The smallest absolute Gasteiger partial charge is 0.0958 e. The van der Waals surface area contributed by atoms with E-state index in [1.165, 1.54) is 10.6 Å². The maximum absolute atomic E-state index is 6.28. The third kappa shape index (κ3) is 2.28. The molecule has 0 amide bonds. The molecule has 2 aromatic rings. The Hall–Kier alpha value is -1.13. The number of nitrogens with two attached hydrogens (primary N) is 1. The van der Waals surface area contributed by atoms with Crippen LogP contribution in [0.2, 0.25) is 0 Å². The minimum atomic E-state index is 0.126. The van der Waals surface area contributed by atoms with Gasteiger partial charge in [0.2, 0.25) is 0 Å². The molecule has 0 aliphatic rings. The summed E-state index contributed by atoms with van der Waals surface area (Å²) in [5.74, 6) is 0. The molecule has 2 heterocycles. The standard InChI is InChI=1S/C13H19N3S/c1-4-11(14)13(12-6-5-7-17-12)16-8-15-9(2)10(16)3/h5-8,11,13H,4,14H2,1-3H3. The first-order valence-corrected chi connectivity index (χ1v) is 6.82. The molecule has 4 heteroatoms. The van der Waals surface area contributed by atoms with Gasteiger partial charge in [0.05, 0.1) is 18.1 Å². The van der Waals surface area contributed by atoms with E-state index in [9.17, 15) is 0 Å². The lowest BCUT2D eigenvalue weighted by atomic mass is 10.0. The van der Waals surface area contributed by atoms with Crippen molar-refractivity contribution in [1.82, 2.24) is 9.55 Å². The Morgan fingerprint density at radius 3 is 2.71 bits per heavy atom. The molecule has 0 saturated heterocycles. The van der Waals surface area contributed by atoms with Crippen LogP contribution in [0.4, 0.5) is 0 Å². The lowest BCUT2D eigenvalue weighted by molar-refractivity contribution is 0.458. The summed E-state index contributed by atoms with van der Waals surface area (Å²) in [7, 11) is 0. The van der Waals surface area contributed by atoms with Crippen LogP contribution in [0.5, 0.6) is 0 Å². The summed E-state index contributed by atoms with van der Waals surface area (Å²) in [6.45, 7) is 6.27. The fourth-order valence-electron chi connectivity index (χ4n) is 2.03. The van der Waals surface area contributed by atoms with E-state index in [0.717, 1.165) is 12.1 Å². The van der Waals surface area contributed by atoms with Gasteiger partial charge in [-0.05, 0) is 31.7 Å². The largest absolute Gasteiger partial charge is 0.326 e. The van der Waals surface area contributed by atoms with Gasteiger partial charge in [0.25, 0.3) is 0 Å². The lowest BCUT2D eigenvalue weighted by Crippen LogP contribution is -2.32. The molecule has 0 aliphatic carbocycles. The van der Waals surface area contributed by atoms with Crippen LogP contribution in [0.25, 0.3) is 0 Å². The van der Waals surface area contributed by atoms with E-state index in [0.29, 0.717) is 0 Å². The molecule has 0 aliphatic heterocycles. The zero-order valence-corrected chi connectivity index (χ0v) is 11.4. The van der Waals surface area contributed by atoms with E-state index in [1.807, 2.05) is 13.3 Å². The van der Waals surface area contributed by atoms with Gasteiger partial charge >= 0.3 is 0 Å². The lowest BCUT2D eigenvalue weighted by Gasteiger charge is -2.24. The van der Waals surface area contributed by atoms with E-state index >= 15 is 0 Å². The van der Waals surface area contributed by atoms with Gasteiger partial charge in [-0.15, -0.1) is 11.3 Å². The van der Waals surface area contributed by atoms with Gasteiger partial charge in [-0.2, -0.15) is 0 Å². The highest BCUT2D eigenvalue weighted by Gasteiger charge is 2.23. The molecule has 3 nitrogen and oxygen atoms in total. The SMILES string of the molecule is CCC(N)C(c1cccs1)n1cnc(C)c1C. The molecule has 2 N–H and O–H groups in total. The highest BCUT2D eigenvalue weighted by Crippen LogP contribution is 2.28. The zero-order chi connectivity index (χ0) is 12.4. The summed E-state index contributed by atoms with van der Waals surface area (Å²) in [6, 6.07) is 4.57. The van der Waals surface area contributed by atoms with Crippen molar-refractivity contribution in [2.45, 2.75) is 39.3 Å². The first-order valence-electron chi connectivity index (χ1n) is 5.94. The molecule has 0 aromatic carbocycles. The molecule has 0 spiro atoms. The van der Waals surface area contributed by atoms with Gasteiger partial charge in [-0.1, -0.05) is 13.0 Å². The number of hydrogen-bond acceptors (Lipinski definition) is 3. The summed E-state index contributed by atoms with van der Waals surface area (Å²) in [5.41, 5.74) is 8.56. The second-order valence-electron chi connectivity index (χ2n) is 4.36. The molecule has 0 saturated carbocycles. The Morgan fingerprint density at radius 2 is 2.24 bits per heavy atom. The second kappa shape index (κ2) is 5.02. The van der Waals surface area contributed by atoms with Crippen LogP contribution in [0, 0.1) is 13.8 Å². The van der Waals surface area contributed by atoms with Gasteiger partial charge in [-0.3, -0.25) is 0 Å². The molecule has 2 aromatic heterocycles. The van der Waals surface area contributed by atoms with Gasteiger partial charge in [-0.25, -0.2) is 4.98 Å². The molecule has 0 radical (unpaired) electrons. The van der Waals surface area contributed by atoms with Crippen molar-refractivity contribution in [2.75, 3.05) is 0 Å². The normalized spacial score (nSPS) is 14.8. The Balaban J connectivity index is 2.44. The molecule has 2 rings (SSSR count). The maximum atomic E-state index is 6.28. The molecule has 2 atom stereocenters. The molecule has 2 unspecified atom stereocenters. The predicted octanol–water partition coefficient (Wildman–Crippen LogP) is 2.89. The number of hydrogen-bond donors (Lipinski definition) is 1. The van der Waals surface area contributed by atoms with Crippen molar-refractivity contribution < 1.29 is 0 Å². The summed E-state index contributed by atoms with van der Waals surface area (Å²) in [5, 5.41) is 2.10. The number of aryl methyl sites for hydroxylation is 1. The topological polar surface area (TPSA) is 43.8 Å². The first-order chi connectivity index (χ1) is 8.15. The monoisotopic (exact) mass is 249 g/mol. The number of nitrogens with zero attached hydrogens (tertiary/aromatic N) is 2. The summed E-state index contributed by atoms with van der Waals surface area (Å²) in [6.07, 6.45) is 2.86. The third-order valence-corrected chi connectivity index (χ3v) is 4.24. The van der Waals surface area contributed by atoms with Gasteiger partial charge in [0.15, 0.2) is 0 Å². The molecule has 0 bridgehead atoms. The molecular formula is C13H19N3S. The quantitative estimate of drug-likeness (QED) is 0.905. The zero-order valence-electron chi connectivity index (χ0n) is 10.6. The Kier molecular flexibility index (Phi) is 3.64. The van der Waals surface area contributed by atoms with Crippen molar-refractivity contribution in [1.29, 1.82) is 0 Å². The third-order valence-electron chi connectivity index (χ3n) is 3.30. The number of aromatic nitrogens is 2.